The first kappa shape index (κ1) is 16.5. The van der Waals surface area contributed by atoms with Crippen LogP contribution in [0.3, 0.4) is 0 Å². The Morgan fingerprint density at radius 2 is 2.04 bits per heavy atom. The summed E-state index contributed by atoms with van der Waals surface area (Å²) in [4.78, 5) is 25.5. The first-order valence-electron chi connectivity index (χ1n) is 7.74. The number of benzene rings is 1. The summed E-state index contributed by atoms with van der Waals surface area (Å²) >= 11 is 5.86. The molecule has 126 valence electrons. The highest BCUT2D eigenvalue weighted by atomic mass is 35.5. The van der Waals surface area contributed by atoms with Crippen molar-refractivity contribution in [2.45, 2.75) is 25.8 Å². The molecule has 7 heteroatoms. The van der Waals surface area contributed by atoms with Gasteiger partial charge in [-0.1, -0.05) is 16.8 Å². The van der Waals surface area contributed by atoms with Gasteiger partial charge in [0.15, 0.2) is 11.5 Å². The second-order valence-corrected chi connectivity index (χ2v) is 6.35. The van der Waals surface area contributed by atoms with Gasteiger partial charge >= 0.3 is 5.97 Å². The van der Waals surface area contributed by atoms with E-state index in [1.165, 1.54) is 0 Å². The lowest BCUT2D eigenvalue weighted by atomic mass is 9.90. The lowest BCUT2D eigenvalue weighted by Crippen LogP contribution is -2.49. The molecular formula is C17H17ClN2O4. The molecule has 1 aliphatic rings. The number of piperidine rings is 1. The van der Waals surface area contributed by atoms with E-state index in [0.29, 0.717) is 30.2 Å². The Morgan fingerprint density at radius 3 is 2.71 bits per heavy atom. The molecule has 2 aromatic rings. The van der Waals surface area contributed by atoms with Crippen molar-refractivity contribution in [2.75, 3.05) is 6.54 Å². The SMILES string of the molecule is C[C@@H]1[C@H](C(=O)O)CCCN1C(=O)c1cc(-c2ccc(Cl)cc2)on1. The highest BCUT2D eigenvalue weighted by Gasteiger charge is 2.36. The number of amides is 1. The van der Waals surface area contributed by atoms with Crippen LogP contribution in [0.4, 0.5) is 0 Å². The summed E-state index contributed by atoms with van der Waals surface area (Å²) in [5.41, 5.74) is 0.943. The zero-order chi connectivity index (χ0) is 17.3. The van der Waals surface area contributed by atoms with Gasteiger partial charge in [-0.05, 0) is 44.0 Å². The van der Waals surface area contributed by atoms with Crippen molar-refractivity contribution in [1.29, 1.82) is 0 Å². The third-order valence-corrected chi connectivity index (χ3v) is 4.68. The molecular weight excluding hydrogens is 332 g/mol. The molecule has 1 aliphatic heterocycles. The van der Waals surface area contributed by atoms with Gasteiger partial charge in [-0.2, -0.15) is 0 Å². The van der Waals surface area contributed by atoms with Gasteiger partial charge in [0.25, 0.3) is 5.91 Å². The summed E-state index contributed by atoms with van der Waals surface area (Å²) in [6.07, 6.45) is 1.24. The van der Waals surface area contributed by atoms with Gasteiger partial charge in [-0.3, -0.25) is 9.59 Å². The second-order valence-electron chi connectivity index (χ2n) is 5.91. The largest absolute Gasteiger partial charge is 0.481 e. The normalized spacial score (nSPS) is 20.8. The third kappa shape index (κ3) is 3.14. The fraction of sp³-hybridized carbons (Fsp3) is 0.353. The lowest BCUT2D eigenvalue weighted by molar-refractivity contribution is -0.144. The van der Waals surface area contributed by atoms with Gasteiger partial charge in [0.1, 0.15) is 0 Å². The van der Waals surface area contributed by atoms with E-state index in [0.717, 1.165) is 5.56 Å². The molecule has 0 radical (unpaired) electrons. The van der Waals surface area contributed by atoms with Crippen molar-refractivity contribution in [1.82, 2.24) is 10.1 Å². The van der Waals surface area contributed by atoms with Crippen LogP contribution in [-0.2, 0) is 4.79 Å². The van der Waals surface area contributed by atoms with Gasteiger partial charge in [0, 0.05) is 29.2 Å². The van der Waals surface area contributed by atoms with Gasteiger partial charge in [-0.25, -0.2) is 0 Å². The van der Waals surface area contributed by atoms with E-state index in [9.17, 15) is 14.7 Å². The van der Waals surface area contributed by atoms with Crippen molar-refractivity contribution in [3.05, 3.63) is 41.0 Å². The predicted octanol–water partition coefficient (Wildman–Crippen LogP) is 3.32. The molecule has 0 unspecified atom stereocenters. The van der Waals surface area contributed by atoms with E-state index in [4.69, 9.17) is 16.1 Å². The first-order chi connectivity index (χ1) is 11.5. The number of hydrogen-bond acceptors (Lipinski definition) is 4. The second kappa shape index (κ2) is 6.65. The van der Waals surface area contributed by atoms with Gasteiger partial charge in [0.2, 0.25) is 0 Å². The maximum absolute atomic E-state index is 12.7. The van der Waals surface area contributed by atoms with Crippen molar-refractivity contribution >= 4 is 23.5 Å². The minimum absolute atomic E-state index is 0.179. The smallest absolute Gasteiger partial charge is 0.308 e. The molecule has 3 rings (SSSR count). The molecule has 0 aliphatic carbocycles. The van der Waals surface area contributed by atoms with Gasteiger partial charge in [-0.15, -0.1) is 0 Å². The predicted molar refractivity (Wildman–Crippen MR) is 87.8 cm³/mol. The van der Waals surface area contributed by atoms with Crippen LogP contribution in [0.1, 0.15) is 30.3 Å². The number of nitrogens with zero attached hydrogens (tertiary/aromatic N) is 2. The summed E-state index contributed by atoms with van der Waals surface area (Å²) in [5.74, 6) is -1.26. The summed E-state index contributed by atoms with van der Waals surface area (Å²) in [7, 11) is 0. The summed E-state index contributed by atoms with van der Waals surface area (Å²) in [6, 6.07) is 8.21. The standard InChI is InChI=1S/C17H17ClN2O4/c1-10-13(17(22)23)3-2-8-20(10)16(21)14-9-15(24-19-14)11-4-6-12(18)7-5-11/h4-7,9-10,13H,2-3,8H2,1H3,(H,22,23)/t10-,13-/m1/s1. The Balaban J connectivity index is 1.80. The third-order valence-electron chi connectivity index (χ3n) is 4.42. The molecule has 1 amide bonds. The van der Waals surface area contributed by atoms with Crippen molar-refractivity contribution < 1.29 is 19.2 Å². The van der Waals surface area contributed by atoms with Crippen LogP contribution in [0, 0.1) is 5.92 Å². The number of likely N-dealkylation sites (tertiary alicyclic amines) is 1. The Bertz CT molecular complexity index is 756. The average molecular weight is 349 g/mol. The molecule has 1 fully saturated rings. The lowest BCUT2D eigenvalue weighted by Gasteiger charge is -2.36. The average Bonchev–Trinajstić information content (AvgIpc) is 3.05. The highest BCUT2D eigenvalue weighted by molar-refractivity contribution is 6.30. The van der Waals surface area contributed by atoms with Crippen LogP contribution in [-0.4, -0.2) is 39.6 Å². The Labute approximate surface area is 144 Å². The van der Waals surface area contributed by atoms with Crippen molar-refractivity contribution in [3.8, 4) is 11.3 Å². The van der Waals surface area contributed by atoms with Crippen LogP contribution in [0.2, 0.25) is 5.02 Å². The quantitative estimate of drug-likeness (QED) is 0.919. The van der Waals surface area contributed by atoms with E-state index in [-0.39, 0.29) is 17.6 Å². The summed E-state index contributed by atoms with van der Waals surface area (Å²) < 4.78 is 5.26. The van der Waals surface area contributed by atoms with Crippen molar-refractivity contribution in [3.63, 3.8) is 0 Å². The number of carbonyl (C=O) groups is 2. The minimum Gasteiger partial charge on any atom is -0.481 e. The molecule has 1 aromatic heterocycles. The van der Waals surface area contributed by atoms with Gasteiger partial charge < -0.3 is 14.5 Å². The Kier molecular flexibility index (Phi) is 4.57. The van der Waals surface area contributed by atoms with Crippen LogP contribution in [0.25, 0.3) is 11.3 Å². The fourth-order valence-corrected chi connectivity index (χ4v) is 3.16. The monoisotopic (exact) mass is 348 g/mol. The minimum atomic E-state index is -0.873. The first-order valence-corrected chi connectivity index (χ1v) is 8.11. The Hall–Kier alpha value is -2.34. The molecule has 24 heavy (non-hydrogen) atoms. The van der Waals surface area contributed by atoms with Gasteiger partial charge in [0.05, 0.1) is 5.92 Å². The topological polar surface area (TPSA) is 83.6 Å². The molecule has 0 spiro atoms. The number of carboxylic acid groups (broad SMARTS) is 1. The van der Waals surface area contributed by atoms with E-state index in [1.54, 1.807) is 42.2 Å². The van der Waals surface area contributed by atoms with Crippen LogP contribution >= 0.6 is 11.6 Å². The number of rotatable bonds is 3. The molecule has 6 nitrogen and oxygen atoms in total. The van der Waals surface area contributed by atoms with Crippen LogP contribution in [0.15, 0.2) is 34.9 Å². The Morgan fingerprint density at radius 1 is 1.33 bits per heavy atom. The molecule has 0 bridgehead atoms. The number of aliphatic carboxylic acids is 1. The number of aromatic nitrogens is 1. The maximum atomic E-state index is 12.7. The number of halogens is 1. The molecule has 1 N–H and O–H groups in total. The molecule has 1 aromatic carbocycles. The zero-order valence-electron chi connectivity index (χ0n) is 13.1. The van der Waals surface area contributed by atoms with Crippen LogP contribution in [0.5, 0.6) is 0 Å². The van der Waals surface area contributed by atoms with E-state index in [2.05, 4.69) is 5.16 Å². The summed E-state index contributed by atoms with van der Waals surface area (Å²) in [5, 5.41) is 13.7. The molecule has 0 saturated carbocycles. The zero-order valence-corrected chi connectivity index (χ0v) is 13.9. The fourth-order valence-electron chi connectivity index (χ4n) is 3.03. The van der Waals surface area contributed by atoms with E-state index < -0.39 is 11.9 Å². The van der Waals surface area contributed by atoms with Crippen LogP contribution < -0.4 is 0 Å². The van der Waals surface area contributed by atoms with E-state index in [1.807, 2.05) is 0 Å². The maximum Gasteiger partial charge on any atom is 0.308 e. The number of carboxylic acids is 1. The molecule has 2 atom stereocenters. The van der Waals surface area contributed by atoms with E-state index >= 15 is 0 Å². The highest BCUT2D eigenvalue weighted by Crippen LogP contribution is 2.27. The summed E-state index contributed by atoms with van der Waals surface area (Å²) in [6.45, 7) is 2.28. The molecule has 2 heterocycles. The number of carbonyl (C=O) groups excluding carboxylic acids is 1. The molecule has 1 saturated heterocycles. The van der Waals surface area contributed by atoms with Crippen molar-refractivity contribution in [2.24, 2.45) is 5.92 Å². The number of hydrogen-bond donors (Lipinski definition) is 1.